The van der Waals surface area contributed by atoms with E-state index in [1.54, 1.807) is 6.26 Å². The molecule has 0 fully saturated rings. The van der Waals surface area contributed by atoms with Crippen molar-refractivity contribution >= 4 is 11.0 Å². The van der Waals surface area contributed by atoms with E-state index in [9.17, 15) is 0 Å². The van der Waals surface area contributed by atoms with E-state index in [0.29, 0.717) is 0 Å². The Labute approximate surface area is 105 Å². The van der Waals surface area contributed by atoms with E-state index in [1.165, 1.54) is 0 Å². The van der Waals surface area contributed by atoms with Crippen LogP contribution < -0.4 is 5.32 Å². The SMILES string of the molecule is CNCc1c(-c2coc3ccccc23)cnn1C. The first-order chi connectivity index (χ1) is 8.81. The van der Waals surface area contributed by atoms with E-state index < -0.39 is 0 Å². The van der Waals surface area contributed by atoms with Gasteiger partial charge in [-0.25, -0.2) is 0 Å². The molecule has 0 saturated heterocycles. The second-order valence-corrected chi connectivity index (χ2v) is 4.30. The Kier molecular flexibility index (Phi) is 2.64. The van der Waals surface area contributed by atoms with E-state index in [2.05, 4.69) is 16.5 Å². The summed E-state index contributed by atoms with van der Waals surface area (Å²) in [4.78, 5) is 0. The molecule has 18 heavy (non-hydrogen) atoms. The van der Waals surface area contributed by atoms with Crippen molar-refractivity contribution < 1.29 is 4.42 Å². The predicted octanol–water partition coefficient (Wildman–Crippen LogP) is 2.55. The number of aromatic nitrogens is 2. The minimum Gasteiger partial charge on any atom is -0.464 e. The number of fused-ring (bicyclic) bond motifs is 1. The van der Waals surface area contributed by atoms with Crippen LogP contribution in [0.5, 0.6) is 0 Å². The van der Waals surface area contributed by atoms with Gasteiger partial charge in [0.25, 0.3) is 0 Å². The minimum atomic E-state index is 0.783. The Bertz CT molecular complexity index is 681. The summed E-state index contributed by atoms with van der Waals surface area (Å²) < 4.78 is 7.48. The molecule has 0 aliphatic heterocycles. The Balaban J connectivity index is 2.20. The van der Waals surface area contributed by atoms with Gasteiger partial charge in [-0.2, -0.15) is 5.10 Å². The lowest BCUT2D eigenvalue weighted by Gasteiger charge is -2.04. The van der Waals surface area contributed by atoms with Gasteiger partial charge >= 0.3 is 0 Å². The topological polar surface area (TPSA) is 43.0 Å². The normalized spacial score (nSPS) is 11.2. The van der Waals surface area contributed by atoms with Crippen LogP contribution in [0.1, 0.15) is 5.69 Å². The molecule has 2 aromatic heterocycles. The standard InChI is InChI=1S/C14H15N3O/c1-15-8-13-11(7-16-17(13)2)12-9-18-14-6-4-3-5-10(12)14/h3-7,9,15H,8H2,1-2H3. The lowest BCUT2D eigenvalue weighted by molar-refractivity contribution is 0.616. The number of nitrogens with zero attached hydrogens (tertiary/aromatic N) is 2. The second kappa shape index (κ2) is 4.31. The van der Waals surface area contributed by atoms with Gasteiger partial charge in [-0.1, -0.05) is 18.2 Å². The fourth-order valence-electron chi connectivity index (χ4n) is 2.25. The van der Waals surface area contributed by atoms with Gasteiger partial charge in [0.1, 0.15) is 5.58 Å². The number of benzene rings is 1. The molecule has 4 heteroatoms. The maximum absolute atomic E-state index is 5.59. The highest BCUT2D eigenvalue weighted by Crippen LogP contribution is 2.32. The summed E-state index contributed by atoms with van der Waals surface area (Å²) >= 11 is 0. The van der Waals surface area contributed by atoms with Gasteiger partial charge in [-0.05, 0) is 13.1 Å². The Morgan fingerprint density at radius 3 is 2.94 bits per heavy atom. The van der Waals surface area contributed by atoms with Crippen LogP contribution in [-0.2, 0) is 13.6 Å². The molecular weight excluding hydrogens is 226 g/mol. The van der Waals surface area contributed by atoms with Crippen LogP contribution in [0, 0.1) is 0 Å². The maximum atomic E-state index is 5.59. The van der Waals surface area contributed by atoms with Crippen molar-refractivity contribution in [2.45, 2.75) is 6.54 Å². The monoisotopic (exact) mass is 241 g/mol. The third-order valence-electron chi connectivity index (χ3n) is 3.18. The average Bonchev–Trinajstić information content (AvgIpc) is 2.95. The summed E-state index contributed by atoms with van der Waals surface area (Å²) in [5.41, 5.74) is 4.29. The number of nitrogens with one attached hydrogen (secondary N) is 1. The molecule has 92 valence electrons. The molecule has 2 heterocycles. The van der Waals surface area contributed by atoms with E-state index in [0.717, 1.165) is 34.3 Å². The zero-order chi connectivity index (χ0) is 12.5. The summed E-state index contributed by atoms with van der Waals surface area (Å²) in [6.45, 7) is 0.783. The highest BCUT2D eigenvalue weighted by atomic mass is 16.3. The van der Waals surface area contributed by atoms with Gasteiger partial charge in [-0.15, -0.1) is 0 Å². The van der Waals surface area contributed by atoms with E-state index in [1.807, 2.05) is 43.2 Å². The van der Waals surface area contributed by atoms with Crippen molar-refractivity contribution in [3.8, 4) is 11.1 Å². The van der Waals surface area contributed by atoms with Crippen LogP contribution in [0.2, 0.25) is 0 Å². The summed E-state index contributed by atoms with van der Waals surface area (Å²) in [5.74, 6) is 0. The van der Waals surface area contributed by atoms with Crippen molar-refractivity contribution in [3.05, 3.63) is 42.4 Å². The number of rotatable bonds is 3. The highest BCUT2D eigenvalue weighted by molar-refractivity contribution is 5.94. The van der Waals surface area contributed by atoms with Crippen molar-refractivity contribution in [2.75, 3.05) is 7.05 Å². The predicted molar refractivity (Wildman–Crippen MR) is 71.2 cm³/mol. The van der Waals surface area contributed by atoms with Crippen LogP contribution in [-0.4, -0.2) is 16.8 Å². The lowest BCUT2D eigenvalue weighted by Crippen LogP contribution is -2.10. The van der Waals surface area contributed by atoms with Crippen LogP contribution in [0.3, 0.4) is 0 Å². The summed E-state index contributed by atoms with van der Waals surface area (Å²) in [6.07, 6.45) is 3.70. The first-order valence-corrected chi connectivity index (χ1v) is 5.93. The summed E-state index contributed by atoms with van der Waals surface area (Å²) in [6, 6.07) is 8.06. The first kappa shape index (κ1) is 11.0. The van der Waals surface area contributed by atoms with Gasteiger partial charge in [0, 0.05) is 30.1 Å². The Morgan fingerprint density at radius 1 is 1.28 bits per heavy atom. The number of aryl methyl sites for hydroxylation is 1. The Morgan fingerprint density at radius 2 is 2.11 bits per heavy atom. The van der Waals surface area contributed by atoms with Gasteiger partial charge in [0.15, 0.2) is 0 Å². The molecule has 1 N–H and O–H groups in total. The summed E-state index contributed by atoms with van der Waals surface area (Å²) in [7, 11) is 3.89. The van der Waals surface area contributed by atoms with E-state index in [4.69, 9.17) is 4.42 Å². The number of furan rings is 1. The molecule has 0 unspecified atom stereocenters. The largest absolute Gasteiger partial charge is 0.464 e. The molecule has 0 aliphatic rings. The Hall–Kier alpha value is -2.07. The third kappa shape index (κ3) is 1.62. The van der Waals surface area contributed by atoms with Crippen molar-refractivity contribution in [3.63, 3.8) is 0 Å². The average molecular weight is 241 g/mol. The molecule has 0 spiro atoms. The van der Waals surface area contributed by atoms with Crippen LogP contribution >= 0.6 is 0 Å². The van der Waals surface area contributed by atoms with E-state index in [-0.39, 0.29) is 0 Å². The summed E-state index contributed by atoms with van der Waals surface area (Å²) in [5, 5.41) is 8.63. The molecule has 4 nitrogen and oxygen atoms in total. The molecule has 0 aliphatic carbocycles. The molecule has 0 radical (unpaired) electrons. The van der Waals surface area contributed by atoms with Gasteiger partial charge in [-0.3, -0.25) is 4.68 Å². The second-order valence-electron chi connectivity index (χ2n) is 4.30. The molecule has 0 saturated carbocycles. The third-order valence-corrected chi connectivity index (χ3v) is 3.18. The van der Waals surface area contributed by atoms with Crippen LogP contribution in [0.15, 0.2) is 41.1 Å². The zero-order valence-corrected chi connectivity index (χ0v) is 10.5. The molecule has 0 amide bonds. The van der Waals surface area contributed by atoms with Crippen molar-refractivity contribution in [1.29, 1.82) is 0 Å². The quantitative estimate of drug-likeness (QED) is 0.766. The van der Waals surface area contributed by atoms with Crippen molar-refractivity contribution in [2.24, 2.45) is 7.05 Å². The fourth-order valence-corrected chi connectivity index (χ4v) is 2.25. The maximum Gasteiger partial charge on any atom is 0.134 e. The first-order valence-electron chi connectivity index (χ1n) is 5.93. The number of hydrogen-bond donors (Lipinski definition) is 1. The zero-order valence-electron chi connectivity index (χ0n) is 10.5. The van der Waals surface area contributed by atoms with Crippen LogP contribution in [0.25, 0.3) is 22.1 Å². The molecule has 3 aromatic rings. The lowest BCUT2D eigenvalue weighted by atomic mass is 10.1. The number of hydrogen-bond acceptors (Lipinski definition) is 3. The van der Waals surface area contributed by atoms with E-state index >= 15 is 0 Å². The molecule has 3 rings (SSSR count). The van der Waals surface area contributed by atoms with Crippen molar-refractivity contribution in [1.82, 2.24) is 15.1 Å². The smallest absolute Gasteiger partial charge is 0.134 e. The van der Waals surface area contributed by atoms with Gasteiger partial charge in [0.2, 0.25) is 0 Å². The molecule has 0 bridgehead atoms. The number of para-hydroxylation sites is 1. The molecule has 1 aromatic carbocycles. The molecule has 0 atom stereocenters. The minimum absolute atomic E-state index is 0.783. The fraction of sp³-hybridized carbons (Fsp3) is 0.214. The van der Waals surface area contributed by atoms with Gasteiger partial charge < -0.3 is 9.73 Å². The highest BCUT2D eigenvalue weighted by Gasteiger charge is 2.14. The van der Waals surface area contributed by atoms with Gasteiger partial charge in [0.05, 0.1) is 18.2 Å². The molecular formula is C14H15N3O. The van der Waals surface area contributed by atoms with Crippen LogP contribution in [0.4, 0.5) is 0 Å².